The van der Waals surface area contributed by atoms with Gasteiger partial charge in [-0.25, -0.2) is 9.52 Å². The summed E-state index contributed by atoms with van der Waals surface area (Å²) in [5, 5.41) is 0. The third-order valence-corrected chi connectivity index (χ3v) is 2.40. The molecule has 1 amide bonds. The van der Waals surface area contributed by atoms with Crippen molar-refractivity contribution in [2.45, 2.75) is 13.1 Å². The van der Waals surface area contributed by atoms with Crippen molar-refractivity contribution in [3.63, 3.8) is 0 Å². The zero-order valence-electron chi connectivity index (χ0n) is 9.38. The molecule has 8 heteroatoms. The molecule has 0 unspecified atom stereocenters. The van der Waals surface area contributed by atoms with Crippen LogP contribution in [-0.2, 0) is 10.9 Å². The monoisotopic (exact) mass is 280 g/mol. The number of amides is 1. The Kier molecular flexibility index (Phi) is 5.14. The summed E-state index contributed by atoms with van der Waals surface area (Å²) < 4.78 is 46.3. The van der Waals surface area contributed by atoms with Gasteiger partial charge >= 0.3 is 12.3 Å². The third-order valence-electron chi connectivity index (χ3n) is 1.79. The largest absolute Gasteiger partial charge is 0.449 e. The van der Waals surface area contributed by atoms with Crippen LogP contribution < -0.4 is 9.44 Å². The Morgan fingerprint density at radius 3 is 2.44 bits per heavy atom. The van der Waals surface area contributed by atoms with Gasteiger partial charge in [-0.05, 0) is 31.2 Å². The number of benzene rings is 1. The van der Waals surface area contributed by atoms with Gasteiger partial charge in [-0.15, -0.1) is 0 Å². The van der Waals surface area contributed by atoms with E-state index in [4.69, 9.17) is 0 Å². The van der Waals surface area contributed by atoms with Crippen molar-refractivity contribution in [3.05, 3.63) is 29.8 Å². The first-order chi connectivity index (χ1) is 8.43. The standard InChI is InChI=1S/C10H11F3N2O2S/c1-2-17-9(16)15-18-14-8-5-3-7(4-6-8)10(11,12)13/h3-6,14H,2H2,1H3,(H,15,16). The van der Waals surface area contributed by atoms with Crippen molar-refractivity contribution >= 4 is 23.9 Å². The summed E-state index contributed by atoms with van der Waals surface area (Å²) in [5.41, 5.74) is -0.291. The highest BCUT2D eigenvalue weighted by Gasteiger charge is 2.29. The number of hydrogen-bond donors (Lipinski definition) is 2. The predicted octanol–water partition coefficient (Wildman–Crippen LogP) is 3.43. The molecule has 2 N–H and O–H groups in total. The minimum absolute atomic E-state index is 0.243. The van der Waals surface area contributed by atoms with E-state index in [1.54, 1.807) is 6.92 Å². The van der Waals surface area contributed by atoms with Gasteiger partial charge in [0.1, 0.15) is 0 Å². The summed E-state index contributed by atoms with van der Waals surface area (Å²) in [7, 11) is 0. The van der Waals surface area contributed by atoms with Crippen LogP contribution in [0.4, 0.5) is 23.7 Å². The maximum absolute atomic E-state index is 12.3. The molecule has 1 aromatic carbocycles. The molecule has 100 valence electrons. The number of anilines is 1. The highest BCUT2D eigenvalue weighted by molar-refractivity contribution is 7.99. The second-order valence-corrected chi connectivity index (χ2v) is 3.71. The fraction of sp³-hybridized carbons (Fsp3) is 0.300. The van der Waals surface area contributed by atoms with Crippen molar-refractivity contribution in [1.82, 2.24) is 4.72 Å². The van der Waals surface area contributed by atoms with E-state index in [1.807, 2.05) is 0 Å². The molecule has 0 radical (unpaired) electrons. The van der Waals surface area contributed by atoms with E-state index in [1.165, 1.54) is 12.1 Å². The van der Waals surface area contributed by atoms with Crippen LogP contribution in [0.3, 0.4) is 0 Å². The van der Waals surface area contributed by atoms with Crippen molar-refractivity contribution in [3.8, 4) is 0 Å². The molecule has 18 heavy (non-hydrogen) atoms. The van der Waals surface area contributed by atoms with E-state index in [0.29, 0.717) is 5.69 Å². The van der Waals surface area contributed by atoms with E-state index >= 15 is 0 Å². The van der Waals surface area contributed by atoms with Gasteiger partial charge in [0.05, 0.1) is 24.3 Å². The molecule has 0 fully saturated rings. The zero-order chi connectivity index (χ0) is 13.6. The lowest BCUT2D eigenvalue weighted by Gasteiger charge is -2.09. The summed E-state index contributed by atoms with van der Waals surface area (Å²) in [6, 6.07) is 4.44. The fourth-order valence-corrected chi connectivity index (χ4v) is 1.46. The molecule has 0 atom stereocenters. The third kappa shape index (κ3) is 4.74. The molecule has 0 spiro atoms. The lowest BCUT2D eigenvalue weighted by molar-refractivity contribution is -0.137. The Bertz CT molecular complexity index is 395. The van der Waals surface area contributed by atoms with Crippen LogP contribution in [0.15, 0.2) is 24.3 Å². The molecule has 0 heterocycles. The number of alkyl halides is 3. The van der Waals surface area contributed by atoms with Gasteiger partial charge in [-0.2, -0.15) is 13.2 Å². The predicted molar refractivity (Wildman–Crippen MR) is 62.8 cm³/mol. The summed E-state index contributed by atoms with van der Waals surface area (Å²) >= 11 is 0.812. The van der Waals surface area contributed by atoms with Crippen LogP contribution in [-0.4, -0.2) is 12.7 Å². The normalized spacial score (nSPS) is 10.9. The molecule has 0 aliphatic heterocycles. The van der Waals surface area contributed by atoms with E-state index in [-0.39, 0.29) is 6.61 Å². The number of halogens is 3. The van der Waals surface area contributed by atoms with E-state index in [2.05, 4.69) is 14.2 Å². The first-order valence-corrected chi connectivity index (χ1v) is 5.77. The molecular weight excluding hydrogens is 269 g/mol. The number of nitrogens with one attached hydrogen (secondary N) is 2. The summed E-state index contributed by atoms with van der Waals surface area (Å²) in [6.45, 7) is 1.90. The Morgan fingerprint density at radius 2 is 1.94 bits per heavy atom. The van der Waals surface area contributed by atoms with Crippen LogP contribution in [0, 0.1) is 0 Å². The SMILES string of the molecule is CCOC(=O)NSNc1ccc(C(F)(F)F)cc1. The Hall–Kier alpha value is -1.57. The topological polar surface area (TPSA) is 50.4 Å². The molecule has 0 aromatic heterocycles. The number of rotatable bonds is 4. The van der Waals surface area contributed by atoms with Crippen molar-refractivity contribution < 1.29 is 22.7 Å². The van der Waals surface area contributed by atoms with Gasteiger partial charge in [0, 0.05) is 5.69 Å². The highest BCUT2D eigenvalue weighted by atomic mass is 32.2. The van der Waals surface area contributed by atoms with Gasteiger partial charge in [0.2, 0.25) is 0 Å². The van der Waals surface area contributed by atoms with E-state index in [9.17, 15) is 18.0 Å². The molecule has 0 saturated carbocycles. The Labute approximate surface area is 106 Å². The van der Waals surface area contributed by atoms with Crippen LogP contribution in [0.1, 0.15) is 12.5 Å². The van der Waals surface area contributed by atoms with E-state index < -0.39 is 17.8 Å². The van der Waals surface area contributed by atoms with Gasteiger partial charge in [0.15, 0.2) is 0 Å². The first-order valence-electron chi connectivity index (χ1n) is 4.95. The summed E-state index contributed by atoms with van der Waals surface area (Å²) in [6.07, 6.45) is -4.98. The van der Waals surface area contributed by atoms with Crippen molar-refractivity contribution in [1.29, 1.82) is 0 Å². The Morgan fingerprint density at radius 1 is 1.33 bits per heavy atom. The molecule has 0 aliphatic rings. The zero-order valence-corrected chi connectivity index (χ0v) is 10.2. The number of ether oxygens (including phenoxy) is 1. The van der Waals surface area contributed by atoms with Gasteiger partial charge in [0.25, 0.3) is 0 Å². The maximum atomic E-state index is 12.3. The van der Waals surface area contributed by atoms with Crippen LogP contribution in [0.5, 0.6) is 0 Å². The minimum atomic E-state index is -4.35. The quantitative estimate of drug-likeness (QED) is 0.830. The summed E-state index contributed by atoms with van der Waals surface area (Å²) in [4.78, 5) is 10.9. The van der Waals surface area contributed by atoms with Crippen LogP contribution >= 0.6 is 12.1 Å². The molecule has 0 aliphatic carbocycles. The average molecular weight is 280 g/mol. The van der Waals surface area contributed by atoms with E-state index in [0.717, 1.165) is 24.3 Å². The van der Waals surface area contributed by atoms with Gasteiger partial charge in [-0.1, -0.05) is 0 Å². The molecular formula is C10H11F3N2O2S. The van der Waals surface area contributed by atoms with Crippen LogP contribution in [0.2, 0.25) is 0 Å². The smallest absolute Gasteiger partial charge is 0.418 e. The highest BCUT2D eigenvalue weighted by Crippen LogP contribution is 2.30. The number of carbonyl (C=O) groups is 1. The second-order valence-electron chi connectivity index (χ2n) is 3.10. The molecule has 1 rings (SSSR count). The molecule has 0 saturated heterocycles. The maximum Gasteiger partial charge on any atom is 0.418 e. The second kappa shape index (κ2) is 6.39. The summed E-state index contributed by atoms with van der Waals surface area (Å²) in [5.74, 6) is 0. The fourth-order valence-electron chi connectivity index (χ4n) is 1.01. The lowest BCUT2D eigenvalue weighted by Crippen LogP contribution is -2.18. The molecule has 4 nitrogen and oxygen atoms in total. The first kappa shape index (κ1) is 14.5. The van der Waals surface area contributed by atoms with Gasteiger partial charge < -0.3 is 9.46 Å². The van der Waals surface area contributed by atoms with Crippen LogP contribution in [0.25, 0.3) is 0 Å². The van der Waals surface area contributed by atoms with Gasteiger partial charge in [-0.3, -0.25) is 0 Å². The average Bonchev–Trinajstić information content (AvgIpc) is 2.29. The van der Waals surface area contributed by atoms with Crippen molar-refractivity contribution in [2.75, 3.05) is 11.3 Å². The number of hydrogen-bond acceptors (Lipinski definition) is 4. The van der Waals surface area contributed by atoms with Crippen molar-refractivity contribution in [2.24, 2.45) is 0 Å². The minimum Gasteiger partial charge on any atom is -0.449 e. The lowest BCUT2D eigenvalue weighted by atomic mass is 10.2. The number of carbonyl (C=O) groups excluding carboxylic acids is 1. The molecule has 1 aromatic rings. The Balaban J connectivity index is 2.42. The molecule has 0 bridgehead atoms.